The van der Waals surface area contributed by atoms with E-state index in [1.807, 2.05) is 24.4 Å². The number of nitrogens with two attached hydrogens (primary N) is 1. The average Bonchev–Trinajstić information content (AvgIpc) is 2.48. The number of likely N-dealkylation sites (N-methyl/N-ethyl adjacent to an activating group) is 1. The fraction of sp³-hybridized carbons (Fsp3) is 0.438. The van der Waals surface area contributed by atoms with E-state index >= 15 is 0 Å². The number of para-hydroxylation sites is 1. The lowest BCUT2D eigenvalue weighted by molar-refractivity contribution is 0.0216. The van der Waals surface area contributed by atoms with Gasteiger partial charge in [0.05, 0.1) is 17.3 Å². The van der Waals surface area contributed by atoms with Gasteiger partial charge in [-0.3, -0.25) is 4.98 Å². The summed E-state index contributed by atoms with van der Waals surface area (Å²) in [6, 6.07) is 7.99. The van der Waals surface area contributed by atoms with Crippen LogP contribution in [0.2, 0.25) is 0 Å². The minimum Gasteiger partial charge on any atom is -0.397 e. The van der Waals surface area contributed by atoms with Crippen LogP contribution in [0.4, 0.5) is 11.4 Å². The van der Waals surface area contributed by atoms with Crippen molar-refractivity contribution in [3.63, 3.8) is 0 Å². The summed E-state index contributed by atoms with van der Waals surface area (Å²) in [4.78, 5) is 6.64. The summed E-state index contributed by atoms with van der Waals surface area (Å²) in [6.45, 7) is 1.80. The van der Waals surface area contributed by atoms with E-state index in [2.05, 4.69) is 23.0 Å². The van der Waals surface area contributed by atoms with Gasteiger partial charge in [0.2, 0.25) is 0 Å². The summed E-state index contributed by atoms with van der Waals surface area (Å²) in [5.74, 6) is 0. The van der Waals surface area contributed by atoms with Gasteiger partial charge in [0.15, 0.2) is 0 Å². The Kier molecular flexibility index (Phi) is 3.74. The fourth-order valence-corrected chi connectivity index (χ4v) is 2.87. The van der Waals surface area contributed by atoms with E-state index in [-0.39, 0.29) is 0 Å². The van der Waals surface area contributed by atoms with Crippen LogP contribution in [0.3, 0.4) is 0 Å². The number of fused-ring (bicyclic) bond motifs is 1. The van der Waals surface area contributed by atoms with Gasteiger partial charge in [0.1, 0.15) is 0 Å². The molecule has 1 fully saturated rings. The number of rotatable bonds is 3. The molecule has 1 saturated heterocycles. The predicted octanol–water partition coefficient (Wildman–Crippen LogP) is 2.82. The van der Waals surface area contributed by atoms with Crippen LogP contribution in [0.5, 0.6) is 0 Å². The van der Waals surface area contributed by atoms with Crippen molar-refractivity contribution in [2.45, 2.75) is 25.4 Å². The van der Waals surface area contributed by atoms with Crippen molar-refractivity contribution in [3.8, 4) is 0 Å². The van der Waals surface area contributed by atoms with E-state index in [1.54, 1.807) is 0 Å². The highest BCUT2D eigenvalue weighted by Gasteiger charge is 2.17. The van der Waals surface area contributed by atoms with Gasteiger partial charge in [0, 0.05) is 37.5 Å². The predicted molar refractivity (Wildman–Crippen MR) is 83.0 cm³/mol. The molecule has 0 spiro atoms. The van der Waals surface area contributed by atoms with Crippen molar-refractivity contribution in [2.24, 2.45) is 0 Å². The van der Waals surface area contributed by atoms with Gasteiger partial charge in [-0.1, -0.05) is 12.1 Å². The number of hydrogen-bond donors (Lipinski definition) is 1. The fourth-order valence-electron chi connectivity index (χ4n) is 2.87. The molecule has 0 radical (unpaired) electrons. The van der Waals surface area contributed by atoms with Crippen molar-refractivity contribution in [1.29, 1.82) is 0 Å². The van der Waals surface area contributed by atoms with Crippen LogP contribution in [0.1, 0.15) is 19.3 Å². The van der Waals surface area contributed by atoms with E-state index in [1.165, 1.54) is 12.8 Å². The Balaban J connectivity index is 1.87. The molecule has 0 aliphatic carbocycles. The largest absolute Gasteiger partial charge is 0.397 e. The molecule has 106 valence electrons. The summed E-state index contributed by atoms with van der Waals surface area (Å²) >= 11 is 0. The summed E-state index contributed by atoms with van der Waals surface area (Å²) in [5, 5.41) is 1.10. The second-order valence-electron chi connectivity index (χ2n) is 5.44. The molecule has 1 unspecified atom stereocenters. The molecule has 3 rings (SSSR count). The maximum absolute atomic E-state index is 6.00. The van der Waals surface area contributed by atoms with Gasteiger partial charge >= 0.3 is 0 Å². The zero-order valence-electron chi connectivity index (χ0n) is 11.9. The minimum atomic E-state index is 0.332. The number of anilines is 2. The van der Waals surface area contributed by atoms with Gasteiger partial charge in [-0.15, -0.1) is 0 Å². The Morgan fingerprint density at radius 2 is 2.25 bits per heavy atom. The highest BCUT2D eigenvalue weighted by molar-refractivity contribution is 5.97. The van der Waals surface area contributed by atoms with Crippen molar-refractivity contribution in [2.75, 3.05) is 30.8 Å². The van der Waals surface area contributed by atoms with E-state index in [0.29, 0.717) is 6.10 Å². The molecular formula is C16H21N3O. The van der Waals surface area contributed by atoms with Crippen LogP contribution >= 0.6 is 0 Å². The molecule has 20 heavy (non-hydrogen) atoms. The van der Waals surface area contributed by atoms with Gasteiger partial charge in [-0.2, -0.15) is 0 Å². The van der Waals surface area contributed by atoms with Gasteiger partial charge in [0.25, 0.3) is 0 Å². The first-order chi connectivity index (χ1) is 9.75. The molecule has 0 amide bonds. The Morgan fingerprint density at radius 1 is 1.35 bits per heavy atom. The van der Waals surface area contributed by atoms with Crippen LogP contribution in [-0.4, -0.2) is 31.3 Å². The van der Waals surface area contributed by atoms with E-state index in [4.69, 9.17) is 10.5 Å². The molecule has 1 aliphatic heterocycles. The third kappa shape index (κ3) is 2.56. The highest BCUT2D eigenvalue weighted by Crippen LogP contribution is 2.28. The standard InChI is InChI=1S/C16H21N3O/c1-19(11-12-5-2-3-10-20-12)15-8-9-18-16-13(15)6-4-7-14(16)17/h4,6-9,12H,2-3,5,10-11,17H2,1H3. The van der Waals surface area contributed by atoms with Gasteiger partial charge in [-0.05, 0) is 31.4 Å². The second kappa shape index (κ2) is 5.67. The molecule has 1 aliphatic rings. The van der Waals surface area contributed by atoms with Crippen LogP contribution in [0, 0.1) is 0 Å². The first-order valence-corrected chi connectivity index (χ1v) is 7.21. The third-order valence-electron chi connectivity index (χ3n) is 3.94. The molecule has 0 saturated carbocycles. The molecular weight excluding hydrogens is 250 g/mol. The van der Waals surface area contributed by atoms with Crippen molar-refractivity contribution in [1.82, 2.24) is 4.98 Å². The lowest BCUT2D eigenvalue weighted by Gasteiger charge is -2.29. The van der Waals surface area contributed by atoms with Crippen LogP contribution in [0.25, 0.3) is 10.9 Å². The van der Waals surface area contributed by atoms with Crippen molar-refractivity contribution in [3.05, 3.63) is 30.5 Å². The number of hydrogen-bond acceptors (Lipinski definition) is 4. The van der Waals surface area contributed by atoms with Gasteiger partial charge < -0.3 is 15.4 Å². The topological polar surface area (TPSA) is 51.4 Å². The molecule has 2 heterocycles. The molecule has 0 bridgehead atoms. The average molecular weight is 271 g/mol. The van der Waals surface area contributed by atoms with Crippen LogP contribution < -0.4 is 10.6 Å². The lowest BCUT2D eigenvalue weighted by atomic mass is 10.1. The number of aromatic nitrogens is 1. The highest BCUT2D eigenvalue weighted by atomic mass is 16.5. The van der Waals surface area contributed by atoms with Crippen molar-refractivity contribution >= 4 is 22.3 Å². The lowest BCUT2D eigenvalue weighted by Crippen LogP contribution is -2.33. The number of benzene rings is 1. The molecule has 2 aromatic rings. The maximum atomic E-state index is 6.00. The molecule has 1 aromatic carbocycles. The Hall–Kier alpha value is -1.81. The zero-order valence-corrected chi connectivity index (χ0v) is 11.9. The normalized spacial score (nSPS) is 19.1. The number of nitrogens with zero attached hydrogens (tertiary/aromatic N) is 2. The number of nitrogen functional groups attached to an aromatic ring is 1. The monoisotopic (exact) mass is 271 g/mol. The smallest absolute Gasteiger partial charge is 0.0951 e. The van der Waals surface area contributed by atoms with Crippen LogP contribution in [0.15, 0.2) is 30.5 Å². The zero-order chi connectivity index (χ0) is 13.9. The second-order valence-corrected chi connectivity index (χ2v) is 5.44. The van der Waals surface area contributed by atoms with E-state index < -0.39 is 0 Å². The summed E-state index contributed by atoms with van der Waals surface area (Å²) < 4.78 is 5.82. The number of pyridine rings is 1. The minimum absolute atomic E-state index is 0.332. The molecule has 4 nitrogen and oxygen atoms in total. The summed E-state index contributed by atoms with van der Waals surface area (Å²) in [7, 11) is 2.11. The third-order valence-corrected chi connectivity index (χ3v) is 3.94. The molecule has 4 heteroatoms. The summed E-state index contributed by atoms with van der Waals surface area (Å²) in [6.07, 6.45) is 5.76. The summed E-state index contributed by atoms with van der Waals surface area (Å²) in [5.41, 5.74) is 8.77. The van der Waals surface area contributed by atoms with E-state index in [9.17, 15) is 0 Å². The maximum Gasteiger partial charge on any atom is 0.0951 e. The number of ether oxygens (including phenoxy) is 1. The quantitative estimate of drug-likeness (QED) is 0.872. The first kappa shape index (κ1) is 13.2. The Bertz CT molecular complexity index is 593. The Morgan fingerprint density at radius 3 is 3.05 bits per heavy atom. The first-order valence-electron chi connectivity index (χ1n) is 7.21. The van der Waals surface area contributed by atoms with Gasteiger partial charge in [-0.25, -0.2) is 0 Å². The molecule has 1 aromatic heterocycles. The van der Waals surface area contributed by atoms with Crippen LogP contribution in [-0.2, 0) is 4.74 Å². The molecule has 2 N–H and O–H groups in total. The molecule has 1 atom stereocenters. The van der Waals surface area contributed by atoms with E-state index in [0.717, 1.165) is 41.9 Å². The Labute approximate surface area is 119 Å². The SMILES string of the molecule is CN(CC1CCCCO1)c1ccnc2c(N)cccc12. The van der Waals surface area contributed by atoms with Crippen molar-refractivity contribution < 1.29 is 4.74 Å².